The van der Waals surface area contributed by atoms with Crippen molar-refractivity contribution in [2.75, 3.05) is 7.11 Å². The van der Waals surface area contributed by atoms with Crippen LogP contribution >= 0.6 is 11.6 Å². The van der Waals surface area contributed by atoms with E-state index in [0.29, 0.717) is 18.1 Å². The number of hydrogen-bond donors (Lipinski definition) is 1. The molecule has 1 heterocycles. The molecule has 0 saturated heterocycles. The lowest BCUT2D eigenvalue weighted by molar-refractivity contribution is 0.406. The quantitative estimate of drug-likeness (QED) is 0.898. The summed E-state index contributed by atoms with van der Waals surface area (Å²) in [6, 6.07) is 9.55. The third-order valence-electron chi connectivity index (χ3n) is 2.69. The third kappa shape index (κ3) is 3.06. The van der Waals surface area contributed by atoms with Crippen molar-refractivity contribution in [1.82, 2.24) is 5.32 Å². The monoisotopic (exact) mass is 265 g/mol. The molecular formula is C14H16ClNO2. The Morgan fingerprint density at radius 1 is 1.22 bits per heavy atom. The number of benzene rings is 1. The minimum absolute atomic E-state index is 0.641. The van der Waals surface area contributed by atoms with Gasteiger partial charge in [0, 0.05) is 17.1 Å². The molecule has 1 aromatic carbocycles. The molecule has 0 unspecified atom stereocenters. The van der Waals surface area contributed by atoms with E-state index in [1.54, 1.807) is 7.11 Å². The molecule has 0 fully saturated rings. The van der Waals surface area contributed by atoms with Gasteiger partial charge in [0.25, 0.3) is 0 Å². The highest BCUT2D eigenvalue weighted by molar-refractivity contribution is 6.31. The molecule has 2 aromatic rings. The van der Waals surface area contributed by atoms with Crippen LogP contribution in [0.25, 0.3) is 0 Å². The van der Waals surface area contributed by atoms with E-state index in [2.05, 4.69) is 5.32 Å². The molecule has 0 spiro atoms. The number of ether oxygens (including phenoxy) is 1. The van der Waals surface area contributed by atoms with Gasteiger partial charge in [0.2, 0.25) is 0 Å². The van der Waals surface area contributed by atoms with Crippen LogP contribution in [0.4, 0.5) is 0 Å². The molecule has 1 N–H and O–H groups in total. The summed E-state index contributed by atoms with van der Waals surface area (Å²) >= 11 is 6.15. The second kappa shape index (κ2) is 5.94. The second-order valence-electron chi connectivity index (χ2n) is 4.04. The molecule has 0 aliphatic rings. The second-order valence-corrected chi connectivity index (χ2v) is 4.44. The fraction of sp³-hybridized carbons (Fsp3) is 0.286. The van der Waals surface area contributed by atoms with Crippen LogP contribution in [0.1, 0.15) is 17.1 Å². The summed E-state index contributed by atoms with van der Waals surface area (Å²) < 4.78 is 10.8. The Morgan fingerprint density at radius 3 is 2.72 bits per heavy atom. The van der Waals surface area contributed by atoms with Gasteiger partial charge in [-0.1, -0.05) is 17.7 Å². The van der Waals surface area contributed by atoms with E-state index in [0.717, 1.165) is 22.8 Å². The Bertz CT molecular complexity index is 522. The van der Waals surface area contributed by atoms with Crippen molar-refractivity contribution in [3.8, 4) is 5.75 Å². The van der Waals surface area contributed by atoms with Gasteiger partial charge in [0.15, 0.2) is 0 Å². The molecule has 0 atom stereocenters. The number of halogens is 1. The fourth-order valence-electron chi connectivity index (χ4n) is 1.79. The number of rotatable bonds is 5. The average Bonchev–Trinajstić information content (AvgIpc) is 2.77. The summed E-state index contributed by atoms with van der Waals surface area (Å²) in [4.78, 5) is 0. The van der Waals surface area contributed by atoms with E-state index in [1.807, 2.05) is 37.3 Å². The Balaban J connectivity index is 1.98. The normalized spacial score (nSPS) is 10.6. The summed E-state index contributed by atoms with van der Waals surface area (Å²) in [5.41, 5.74) is 0.963. The van der Waals surface area contributed by atoms with Gasteiger partial charge >= 0.3 is 0 Å². The fourth-order valence-corrected chi connectivity index (χ4v) is 2.03. The standard InChI is InChI=1S/C14H16ClNO2/c1-10-6-7-11(18-10)8-16-9-12-13(15)4-3-5-14(12)17-2/h3-7,16H,8-9H2,1-2H3. The van der Waals surface area contributed by atoms with Crippen molar-refractivity contribution < 1.29 is 9.15 Å². The van der Waals surface area contributed by atoms with Gasteiger partial charge in [-0.05, 0) is 31.2 Å². The summed E-state index contributed by atoms with van der Waals surface area (Å²) in [6.07, 6.45) is 0. The van der Waals surface area contributed by atoms with Crippen LogP contribution in [-0.4, -0.2) is 7.11 Å². The van der Waals surface area contributed by atoms with Gasteiger partial charge < -0.3 is 14.5 Å². The van der Waals surface area contributed by atoms with E-state index < -0.39 is 0 Å². The van der Waals surface area contributed by atoms with Crippen LogP contribution < -0.4 is 10.1 Å². The summed E-state index contributed by atoms with van der Waals surface area (Å²) in [5, 5.41) is 3.99. The first-order valence-electron chi connectivity index (χ1n) is 5.78. The van der Waals surface area contributed by atoms with Crippen molar-refractivity contribution in [3.63, 3.8) is 0 Å². The lowest BCUT2D eigenvalue weighted by Gasteiger charge is -2.10. The van der Waals surface area contributed by atoms with Crippen molar-refractivity contribution in [1.29, 1.82) is 0 Å². The molecule has 0 aliphatic carbocycles. The molecule has 3 nitrogen and oxygen atoms in total. The van der Waals surface area contributed by atoms with E-state index in [9.17, 15) is 0 Å². The average molecular weight is 266 g/mol. The molecule has 0 bridgehead atoms. The number of nitrogens with one attached hydrogen (secondary N) is 1. The smallest absolute Gasteiger partial charge is 0.124 e. The molecule has 0 saturated carbocycles. The lowest BCUT2D eigenvalue weighted by atomic mass is 10.2. The van der Waals surface area contributed by atoms with Gasteiger partial charge in [0.05, 0.1) is 13.7 Å². The molecule has 96 valence electrons. The van der Waals surface area contributed by atoms with E-state index in [4.69, 9.17) is 20.8 Å². The third-order valence-corrected chi connectivity index (χ3v) is 3.05. The molecule has 2 rings (SSSR count). The SMILES string of the molecule is COc1cccc(Cl)c1CNCc1ccc(C)o1. The molecule has 1 aromatic heterocycles. The number of aryl methyl sites for hydroxylation is 1. The van der Waals surface area contributed by atoms with Crippen LogP contribution in [0, 0.1) is 6.92 Å². The van der Waals surface area contributed by atoms with Crippen LogP contribution in [0.3, 0.4) is 0 Å². The summed E-state index contributed by atoms with van der Waals surface area (Å²) in [7, 11) is 1.64. The first kappa shape index (κ1) is 13.0. The van der Waals surface area contributed by atoms with Crippen molar-refractivity contribution in [2.24, 2.45) is 0 Å². The zero-order chi connectivity index (χ0) is 13.0. The predicted molar refractivity (Wildman–Crippen MR) is 72.0 cm³/mol. The molecule has 0 amide bonds. The van der Waals surface area contributed by atoms with Crippen LogP contribution in [-0.2, 0) is 13.1 Å². The maximum absolute atomic E-state index is 6.15. The van der Waals surface area contributed by atoms with Gasteiger partial charge in [-0.25, -0.2) is 0 Å². The summed E-state index contributed by atoms with van der Waals surface area (Å²) in [6.45, 7) is 3.24. The van der Waals surface area contributed by atoms with Crippen molar-refractivity contribution in [3.05, 3.63) is 52.4 Å². The molecule has 18 heavy (non-hydrogen) atoms. The minimum atomic E-state index is 0.641. The van der Waals surface area contributed by atoms with E-state index in [-0.39, 0.29) is 0 Å². The summed E-state index contributed by atoms with van der Waals surface area (Å²) in [5.74, 6) is 2.63. The Labute approximate surface area is 112 Å². The molecule has 0 radical (unpaired) electrons. The first-order chi connectivity index (χ1) is 8.70. The maximum Gasteiger partial charge on any atom is 0.124 e. The van der Waals surface area contributed by atoms with E-state index >= 15 is 0 Å². The Kier molecular flexibility index (Phi) is 4.28. The largest absolute Gasteiger partial charge is 0.496 e. The van der Waals surface area contributed by atoms with Crippen LogP contribution in [0.5, 0.6) is 5.75 Å². The molecular weight excluding hydrogens is 250 g/mol. The van der Waals surface area contributed by atoms with Crippen molar-refractivity contribution >= 4 is 11.6 Å². The highest BCUT2D eigenvalue weighted by Crippen LogP contribution is 2.25. The lowest BCUT2D eigenvalue weighted by Crippen LogP contribution is -2.13. The number of furan rings is 1. The highest BCUT2D eigenvalue weighted by Gasteiger charge is 2.07. The molecule has 0 aliphatic heterocycles. The number of hydrogen-bond acceptors (Lipinski definition) is 3. The maximum atomic E-state index is 6.15. The Hall–Kier alpha value is -1.45. The topological polar surface area (TPSA) is 34.4 Å². The minimum Gasteiger partial charge on any atom is -0.496 e. The van der Waals surface area contributed by atoms with Gasteiger partial charge in [-0.15, -0.1) is 0 Å². The van der Waals surface area contributed by atoms with Gasteiger partial charge in [-0.2, -0.15) is 0 Å². The van der Waals surface area contributed by atoms with Crippen LogP contribution in [0.15, 0.2) is 34.7 Å². The van der Waals surface area contributed by atoms with Crippen molar-refractivity contribution in [2.45, 2.75) is 20.0 Å². The Morgan fingerprint density at radius 2 is 2.06 bits per heavy atom. The zero-order valence-electron chi connectivity index (χ0n) is 10.5. The van der Waals surface area contributed by atoms with Gasteiger partial charge in [-0.3, -0.25) is 0 Å². The molecule has 4 heteroatoms. The zero-order valence-corrected chi connectivity index (χ0v) is 11.3. The van der Waals surface area contributed by atoms with E-state index in [1.165, 1.54) is 0 Å². The number of methoxy groups -OCH3 is 1. The highest BCUT2D eigenvalue weighted by atomic mass is 35.5. The van der Waals surface area contributed by atoms with Crippen LogP contribution in [0.2, 0.25) is 5.02 Å². The predicted octanol–water partition coefficient (Wildman–Crippen LogP) is 3.54. The first-order valence-corrected chi connectivity index (χ1v) is 6.16. The van der Waals surface area contributed by atoms with Gasteiger partial charge in [0.1, 0.15) is 17.3 Å².